The lowest BCUT2D eigenvalue weighted by Crippen LogP contribution is -2.28. The normalized spacial score (nSPS) is 11.2. The summed E-state index contributed by atoms with van der Waals surface area (Å²) in [5, 5.41) is 0. The Morgan fingerprint density at radius 3 is 2.80 bits per heavy atom. The van der Waals surface area contributed by atoms with Gasteiger partial charge in [-0.1, -0.05) is 6.07 Å². The van der Waals surface area contributed by atoms with Crippen molar-refractivity contribution < 1.29 is 4.39 Å². The molecule has 0 amide bonds. The molecule has 0 saturated heterocycles. The largest absolute Gasteiger partial charge is 0.332 e. The lowest BCUT2D eigenvalue weighted by molar-refractivity contribution is 0.621. The Balaban J connectivity index is 2.37. The van der Waals surface area contributed by atoms with Gasteiger partial charge in [0.05, 0.1) is 4.47 Å². The lowest BCUT2D eigenvalue weighted by Gasteiger charge is -2.00. The number of hydrogen-bond donors (Lipinski definition) is 2. The number of aryl methyl sites for hydroxylation is 1. The number of imidazole rings is 1. The van der Waals surface area contributed by atoms with E-state index in [1.54, 1.807) is 6.07 Å². The first-order valence-corrected chi connectivity index (χ1v) is 6.41. The van der Waals surface area contributed by atoms with Crippen molar-refractivity contribution in [1.82, 2.24) is 19.5 Å². The van der Waals surface area contributed by atoms with E-state index in [1.807, 2.05) is 0 Å². The number of fused-ring (bicyclic) bond motifs is 1. The van der Waals surface area contributed by atoms with E-state index in [9.17, 15) is 14.0 Å². The van der Waals surface area contributed by atoms with E-state index in [1.165, 1.54) is 23.7 Å². The van der Waals surface area contributed by atoms with Crippen LogP contribution in [0.25, 0.3) is 22.6 Å². The standard InChI is InChI=1S/C12H8BrFN4O2/c1-18-10-8(11(19)17-12(18)20)15-9(16-10)5-3-2-4-6(14)7(5)13/h2-4H,1H3,(H,15,16)(H,17,19,20). The van der Waals surface area contributed by atoms with Gasteiger partial charge < -0.3 is 4.98 Å². The number of hydrogen-bond acceptors (Lipinski definition) is 3. The minimum atomic E-state index is -0.561. The molecular formula is C12H8BrFN4O2. The Morgan fingerprint density at radius 2 is 2.05 bits per heavy atom. The predicted octanol–water partition coefficient (Wildman–Crippen LogP) is 1.52. The number of H-pyrrole nitrogens is 2. The van der Waals surface area contributed by atoms with E-state index < -0.39 is 17.1 Å². The molecule has 0 bridgehead atoms. The molecule has 8 heteroatoms. The van der Waals surface area contributed by atoms with Crippen molar-refractivity contribution in [2.45, 2.75) is 0 Å². The van der Waals surface area contributed by atoms with Gasteiger partial charge in [0, 0.05) is 12.6 Å². The molecule has 0 aliphatic heterocycles. The summed E-state index contributed by atoms with van der Waals surface area (Å²) in [4.78, 5) is 32.4. The predicted molar refractivity (Wildman–Crippen MR) is 75.0 cm³/mol. The molecule has 20 heavy (non-hydrogen) atoms. The molecule has 3 aromatic rings. The van der Waals surface area contributed by atoms with Crippen LogP contribution >= 0.6 is 15.9 Å². The maximum atomic E-state index is 13.5. The third kappa shape index (κ3) is 1.80. The number of halogens is 2. The third-order valence-corrected chi connectivity index (χ3v) is 3.77. The second-order valence-electron chi connectivity index (χ2n) is 4.20. The van der Waals surface area contributed by atoms with Crippen LogP contribution in [0.15, 0.2) is 32.3 Å². The van der Waals surface area contributed by atoms with Crippen molar-refractivity contribution in [3.8, 4) is 11.4 Å². The summed E-state index contributed by atoms with van der Waals surface area (Å²) in [6.45, 7) is 0. The van der Waals surface area contributed by atoms with Gasteiger partial charge in [-0.25, -0.2) is 14.2 Å². The van der Waals surface area contributed by atoms with Crippen LogP contribution in [-0.4, -0.2) is 19.5 Å². The molecule has 0 radical (unpaired) electrons. The van der Waals surface area contributed by atoms with Gasteiger partial charge in [0.25, 0.3) is 5.56 Å². The summed E-state index contributed by atoms with van der Waals surface area (Å²) in [6, 6.07) is 4.49. The SMILES string of the molecule is Cn1c(=O)[nH]c(=O)c2[nH]c(-c3cccc(F)c3Br)nc21. The van der Waals surface area contributed by atoms with Crippen LogP contribution in [0, 0.1) is 5.82 Å². The highest BCUT2D eigenvalue weighted by Crippen LogP contribution is 2.28. The lowest BCUT2D eigenvalue weighted by atomic mass is 10.2. The van der Waals surface area contributed by atoms with Gasteiger partial charge in [-0.3, -0.25) is 14.3 Å². The molecule has 0 aliphatic carbocycles. The van der Waals surface area contributed by atoms with Crippen molar-refractivity contribution in [2.75, 3.05) is 0 Å². The highest BCUT2D eigenvalue weighted by molar-refractivity contribution is 9.10. The van der Waals surface area contributed by atoms with Crippen LogP contribution in [0.3, 0.4) is 0 Å². The molecule has 0 spiro atoms. The van der Waals surface area contributed by atoms with Crippen molar-refractivity contribution in [3.63, 3.8) is 0 Å². The van der Waals surface area contributed by atoms with E-state index in [4.69, 9.17) is 0 Å². The summed E-state index contributed by atoms with van der Waals surface area (Å²) in [7, 11) is 1.49. The molecule has 3 rings (SSSR count). The smallest absolute Gasteiger partial charge is 0.329 e. The number of nitrogens with one attached hydrogen (secondary N) is 2. The van der Waals surface area contributed by atoms with Crippen LogP contribution in [0.1, 0.15) is 0 Å². The monoisotopic (exact) mass is 338 g/mol. The number of rotatable bonds is 1. The summed E-state index contributed by atoms with van der Waals surface area (Å²) in [5.41, 5.74) is -0.274. The number of aromatic nitrogens is 4. The molecule has 6 nitrogen and oxygen atoms in total. The van der Waals surface area contributed by atoms with Crippen molar-refractivity contribution >= 4 is 27.1 Å². The molecule has 2 heterocycles. The van der Waals surface area contributed by atoms with Gasteiger partial charge in [-0.05, 0) is 28.1 Å². The highest BCUT2D eigenvalue weighted by Gasteiger charge is 2.15. The molecule has 0 fully saturated rings. The second kappa shape index (κ2) is 4.41. The average Bonchev–Trinajstić information content (AvgIpc) is 2.85. The molecule has 0 atom stereocenters. The molecule has 102 valence electrons. The van der Waals surface area contributed by atoms with Gasteiger partial charge >= 0.3 is 5.69 Å². The van der Waals surface area contributed by atoms with Crippen LogP contribution in [0.5, 0.6) is 0 Å². The van der Waals surface area contributed by atoms with Gasteiger partial charge in [-0.2, -0.15) is 0 Å². The minimum absolute atomic E-state index is 0.165. The fourth-order valence-corrected chi connectivity index (χ4v) is 2.37. The first-order chi connectivity index (χ1) is 9.49. The third-order valence-electron chi connectivity index (χ3n) is 2.96. The summed E-state index contributed by atoms with van der Waals surface area (Å²) in [6.07, 6.45) is 0. The average molecular weight is 339 g/mol. The molecule has 0 unspecified atom stereocenters. The summed E-state index contributed by atoms with van der Waals surface area (Å²) in [5.74, 6) is -0.135. The van der Waals surface area contributed by atoms with Gasteiger partial charge in [-0.15, -0.1) is 0 Å². The van der Waals surface area contributed by atoms with E-state index in [0.29, 0.717) is 11.4 Å². The van der Waals surface area contributed by atoms with Crippen molar-refractivity contribution in [1.29, 1.82) is 0 Å². The van der Waals surface area contributed by atoms with E-state index in [-0.39, 0.29) is 15.6 Å². The van der Waals surface area contributed by atoms with Crippen LogP contribution in [0.2, 0.25) is 0 Å². The molecule has 0 aliphatic rings. The van der Waals surface area contributed by atoms with Crippen LogP contribution in [-0.2, 0) is 7.05 Å². The maximum absolute atomic E-state index is 13.5. The Kier molecular flexibility index (Phi) is 2.82. The highest BCUT2D eigenvalue weighted by atomic mass is 79.9. The van der Waals surface area contributed by atoms with E-state index in [0.717, 1.165) is 0 Å². The van der Waals surface area contributed by atoms with E-state index >= 15 is 0 Å². The fourth-order valence-electron chi connectivity index (χ4n) is 1.92. The Labute approximate surface area is 119 Å². The fraction of sp³-hybridized carbons (Fsp3) is 0.0833. The minimum Gasteiger partial charge on any atom is -0.332 e. The second-order valence-corrected chi connectivity index (χ2v) is 5.00. The van der Waals surface area contributed by atoms with Gasteiger partial charge in [0.1, 0.15) is 17.2 Å². The van der Waals surface area contributed by atoms with Gasteiger partial charge in [0.2, 0.25) is 0 Å². The number of benzene rings is 1. The number of nitrogens with zero attached hydrogens (tertiary/aromatic N) is 2. The van der Waals surface area contributed by atoms with Crippen LogP contribution in [0.4, 0.5) is 4.39 Å². The van der Waals surface area contributed by atoms with Gasteiger partial charge in [0.15, 0.2) is 5.65 Å². The Hall–Kier alpha value is -2.22. The van der Waals surface area contributed by atoms with Crippen molar-refractivity contribution in [3.05, 3.63) is 49.3 Å². The molecule has 0 saturated carbocycles. The first-order valence-electron chi connectivity index (χ1n) is 5.62. The van der Waals surface area contributed by atoms with Crippen LogP contribution < -0.4 is 11.2 Å². The van der Waals surface area contributed by atoms with E-state index in [2.05, 4.69) is 30.9 Å². The zero-order valence-corrected chi connectivity index (χ0v) is 11.8. The summed E-state index contributed by atoms with van der Waals surface area (Å²) < 4.78 is 15.0. The number of aromatic amines is 2. The summed E-state index contributed by atoms with van der Waals surface area (Å²) >= 11 is 3.14. The zero-order chi connectivity index (χ0) is 14.4. The molecule has 1 aromatic carbocycles. The Morgan fingerprint density at radius 1 is 1.30 bits per heavy atom. The molecule has 2 N–H and O–H groups in total. The first kappa shape index (κ1) is 12.8. The zero-order valence-electron chi connectivity index (χ0n) is 10.2. The molecule has 2 aromatic heterocycles. The molecular weight excluding hydrogens is 331 g/mol. The van der Waals surface area contributed by atoms with Crippen molar-refractivity contribution in [2.24, 2.45) is 7.05 Å². The Bertz CT molecular complexity index is 941. The topological polar surface area (TPSA) is 83.5 Å². The quantitative estimate of drug-likeness (QED) is 0.705. The maximum Gasteiger partial charge on any atom is 0.329 e.